The zero-order chi connectivity index (χ0) is 18.4. The van der Waals surface area contributed by atoms with Gasteiger partial charge in [0.2, 0.25) is 0 Å². The average Bonchev–Trinajstić information content (AvgIpc) is 2.57. The zero-order valence-electron chi connectivity index (χ0n) is 13.2. The second-order valence-corrected chi connectivity index (χ2v) is 5.40. The molecule has 1 atom stereocenters. The van der Waals surface area contributed by atoms with Crippen molar-refractivity contribution in [1.82, 2.24) is 4.98 Å². The first-order valence-corrected chi connectivity index (χ1v) is 7.53. The van der Waals surface area contributed by atoms with Crippen molar-refractivity contribution in [2.24, 2.45) is 5.73 Å². The van der Waals surface area contributed by atoms with E-state index in [2.05, 4.69) is 15.6 Å². The first-order valence-electron chi connectivity index (χ1n) is 7.15. The number of pyridine rings is 1. The van der Waals surface area contributed by atoms with Gasteiger partial charge in [0.15, 0.2) is 6.10 Å². The number of nitrogens with one attached hydrogen (secondary N) is 2. The van der Waals surface area contributed by atoms with E-state index in [1.54, 1.807) is 6.07 Å². The van der Waals surface area contributed by atoms with Crippen LogP contribution in [-0.2, 0) is 9.53 Å². The van der Waals surface area contributed by atoms with Crippen molar-refractivity contribution in [3.63, 3.8) is 0 Å². The zero-order valence-corrected chi connectivity index (χ0v) is 13.9. The fraction of sp³-hybridized carbons (Fsp3) is 0.125. The molecule has 0 bridgehead atoms. The molecule has 0 saturated heterocycles. The van der Waals surface area contributed by atoms with Crippen LogP contribution in [0.5, 0.6) is 0 Å². The van der Waals surface area contributed by atoms with Gasteiger partial charge in [-0.2, -0.15) is 0 Å². The minimum atomic E-state index is -1.03. The molecule has 2 rings (SSSR count). The number of nitrogens with zero attached hydrogens (tertiary/aromatic N) is 1. The number of anilines is 2. The second kappa shape index (κ2) is 8.11. The van der Waals surface area contributed by atoms with Crippen molar-refractivity contribution in [3.05, 3.63) is 53.2 Å². The van der Waals surface area contributed by atoms with E-state index in [0.717, 1.165) is 0 Å². The van der Waals surface area contributed by atoms with E-state index in [4.69, 9.17) is 22.1 Å². The lowest BCUT2D eigenvalue weighted by Gasteiger charge is -2.13. The maximum atomic E-state index is 12.0. The number of rotatable bonds is 5. The number of carbonyl (C=O) groups excluding carboxylic acids is 3. The van der Waals surface area contributed by atoms with Crippen molar-refractivity contribution >= 4 is 41.0 Å². The van der Waals surface area contributed by atoms with E-state index >= 15 is 0 Å². The third-order valence-electron chi connectivity index (χ3n) is 3.02. The number of primary amides is 1. The Hall–Kier alpha value is -3.13. The quantitative estimate of drug-likeness (QED) is 0.704. The molecule has 8 nitrogen and oxygen atoms in total. The van der Waals surface area contributed by atoms with Gasteiger partial charge in [0.05, 0.1) is 10.6 Å². The topological polar surface area (TPSA) is 123 Å². The number of ether oxygens (including phenoxy) is 1. The van der Waals surface area contributed by atoms with Crippen LogP contribution in [0.1, 0.15) is 17.3 Å². The normalized spacial score (nSPS) is 11.3. The van der Waals surface area contributed by atoms with Crippen LogP contribution in [0.15, 0.2) is 42.6 Å². The standard InChI is InChI=1S/C16H15ClN4O4/c1-9(14(22)21-13-7-4-11(17)8-19-13)25-15(23)10-2-5-12(6-3-10)20-16(18)24/h2-9H,1H3,(H3,18,20,24)(H,19,21,22)/t9-/m0/s1. The molecule has 0 aliphatic heterocycles. The summed E-state index contributed by atoms with van der Waals surface area (Å²) in [5.41, 5.74) is 5.65. The van der Waals surface area contributed by atoms with Gasteiger partial charge in [-0.3, -0.25) is 4.79 Å². The number of carbonyl (C=O) groups is 3. The van der Waals surface area contributed by atoms with Crippen molar-refractivity contribution in [3.8, 4) is 0 Å². The van der Waals surface area contributed by atoms with Gasteiger partial charge in [-0.1, -0.05) is 11.6 Å². The summed E-state index contributed by atoms with van der Waals surface area (Å²) in [6.45, 7) is 1.44. The van der Waals surface area contributed by atoms with Crippen molar-refractivity contribution < 1.29 is 19.1 Å². The maximum Gasteiger partial charge on any atom is 0.338 e. The Bertz CT molecular complexity index is 778. The van der Waals surface area contributed by atoms with Gasteiger partial charge in [0.25, 0.3) is 5.91 Å². The second-order valence-electron chi connectivity index (χ2n) is 4.97. The first-order chi connectivity index (χ1) is 11.8. The fourth-order valence-corrected chi connectivity index (χ4v) is 1.90. The molecule has 0 saturated carbocycles. The van der Waals surface area contributed by atoms with Crippen LogP contribution in [0.4, 0.5) is 16.3 Å². The lowest BCUT2D eigenvalue weighted by Crippen LogP contribution is -2.30. The van der Waals surface area contributed by atoms with Crippen molar-refractivity contribution in [2.45, 2.75) is 13.0 Å². The molecule has 0 radical (unpaired) electrons. The molecule has 1 aromatic heterocycles. The molecule has 0 unspecified atom stereocenters. The van der Waals surface area contributed by atoms with Gasteiger partial charge < -0.3 is 21.1 Å². The summed E-state index contributed by atoms with van der Waals surface area (Å²) in [7, 11) is 0. The third-order valence-corrected chi connectivity index (χ3v) is 3.24. The van der Waals surface area contributed by atoms with Gasteiger partial charge in [0, 0.05) is 11.9 Å². The molecule has 0 aliphatic rings. The summed E-state index contributed by atoms with van der Waals surface area (Å²) < 4.78 is 5.10. The van der Waals surface area contributed by atoms with Gasteiger partial charge in [-0.25, -0.2) is 14.6 Å². The number of amides is 3. The number of aromatic nitrogens is 1. The van der Waals surface area contributed by atoms with Gasteiger partial charge in [-0.05, 0) is 43.3 Å². The molecular formula is C16H15ClN4O4. The van der Waals surface area contributed by atoms with Crippen LogP contribution >= 0.6 is 11.6 Å². The summed E-state index contributed by atoms with van der Waals surface area (Å²) in [4.78, 5) is 38.7. The molecule has 0 aliphatic carbocycles. The Morgan fingerprint density at radius 2 is 1.80 bits per heavy atom. The number of hydrogen-bond acceptors (Lipinski definition) is 5. The van der Waals surface area contributed by atoms with E-state index in [1.165, 1.54) is 43.5 Å². The summed E-state index contributed by atoms with van der Waals surface area (Å²) in [5, 5.41) is 5.31. The van der Waals surface area contributed by atoms with Crippen LogP contribution < -0.4 is 16.4 Å². The van der Waals surface area contributed by atoms with Crippen molar-refractivity contribution in [1.29, 1.82) is 0 Å². The molecule has 2 aromatic rings. The van der Waals surface area contributed by atoms with E-state index < -0.39 is 24.0 Å². The van der Waals surface area contributed by atoms with Gasteiger partial charge in [-0.15, -0.1) is 0 Å². The smallest absolute Gasteiger partial charge is 0.338 e. The summed E-state index contributed by atoms with van der Waals surface area (Å²) in [5.74, 6) is -0.924. The lowest BCUT2D eigenvalue weighted by atomic mass is 10.2. The SMILES string of the molecule is C[C@H](OC(=O)c1ccc(NC(N)=O)cc1)C(=O)Nc1ccc(Cl)cn1. The monoisotopic (exact) mass is 362 g/mol. The molecule has 0 fully saturated rings. The van der Waals surface area contributed by atoms with E-state index in [-0.39, 0.29) is 5.56 Å². The minimum Gasteiger partial charge on any atom is -0.449 e. The summed E-state index contributed by atoms with van der Waals surface area (Å²) in [6.07, 6.45) is 0.351. The molecule has 4 N–H and O–H groups in total. The Morgan fingerprint density at radius 3 is 2.36 bits per heavy atom. The Kier molecular flexibility index (Phi) is 5.91. The van der Waals surface area contributed by atoms with Crippen LogP contribution in [0, 0.1) is 0 Å². The molecule has 25 heavy (non-hydrogen) atoms. The van der Waals surface area contributed by atoms with Crippen LogP contribution in [0.3, 0.4) is 0 Å². The lowest BCUT2D eigenvalue weighted by molar-refractivity contribution is -0.123. The molecule has 1 aromatic carbocycles. The Labute approximate surface area is 148 Å². The molecule has 9 heteroatoms. The largest absolute Gasteiger partial charge is 0.449 e. The number of urea groups is 1. The maximum absolute atomic E-state index is 12.0. The predicted molar refractivity (Wildman–Crippen MR) is 92.4 cm³/mol. The van der Waals surface area contributed by atoms with Crippen LogP contribution in [0.2, 0.25) is 5.02 Å². The summed E-state index contributed by atoms with van der Waals surface area (Å²) in [6, 6.07) is 8.25. The van der Waals surface area contributed by atoms with Gasteiger partial charge >= 0.3 is 12.0 Å². The minimum absolute atomic E-state index is 0.222. The fourth-order valence-electron chi connectivity index (χ4n) is 1.79. The highest BCUT2D eigenvalue weighted by Gasteiger charge is 2.19. The van der Waals surface area contributed by atoms with E-state index in [0.29, 0.717) is 16.5 Å². The molecule has 0 spiro atoms. The summed E-state index contributed by atoms with van der Waals surface area (Å²) >= 11 is 5.71. The predicted octanol–water partition coefficient (Wildman–Crippen LogP) is 2.41. The number of esters is 1. The number of nitrogens with two attached hydrogens (primary N) is 1. The van der Waals surface area contributed by atoms with E-state index in [1.807, 2.05) is 0 Å². The molecule has 1 heterocycles. The third kappa shape index (κ3) is 5.47. The first kappa shape index (κ1) is 18.2. The van der Waals surface area contributed by atoms with Crippen LogP contribution in [-0.4, -0.2) is 29.0 Å². The Balaban J connectivity index is 1.93. The average molecular weight is 363 g/mol. The van der Waals surface area contributed by atoms with Crippen LogP contribution in [0.25, 0.3) is 0 Å². The molecule has 130 valence electrons. The highest BCUT2D eigenvalue weighted by Crippen LogP contribution is 2.13. The van der Waals surface area contributed by atoms with Crippen molar-refractivity contribution in [2.75, 3.05) is 10.6 Å². The molecular weight excluding hydrogens is 348 g/mol. The number of hydrogen-bond donors (Lipinski definition) is 3. The Morgan fingerprint density at radius 1 is 1.12 bits per heavy atom. The number of halogens is 1. The van der Waals surface area contributed by atoms with Gasteiger partial charge in [0.1, 0.15) is 5.82 Å². The molecule has 3 amide bonds. The highest BCUT2D eigenvalue weighted by molar-refractivity contribution is 6.30. The highest BCUT2D eigenvalue weighted by atomic mass is 35.5. The van der Waals surface area contributed by atoms with E-state index in [9.17, 15) is 14.4 Å². The number of benzene rings is 1.